The van der Waals surface area contributed by atoms with Crippen molar-refractivity contribution in [2.24, 2.45) is 0 Å². The second-order valence-electron chi connectivity index (χ2n) is 28.9. The zero-order chi connectivity index (χ0) is 80.8. The van der Waals surface area contributed by atoms with E-state index in [1.807, 2.05) is 0 Å². The molecular weight excluding hydrogens is 1430 g/mol. The molecular formula is C93H158O16P2. The summed E-state index contributed by atoms with van der Waals surface area (Å²) in [5.74, 6) is -1.60. The Morgan fingerprint density at radius 3 is 0.757 bits per heavy atom. The van der Waals surface area contributed by atoms with E-state index in [1.54, 1.807) is 0 Å². The van der Waals surface area contributed by atoms with Crippen molar-refractivity contribution < 1.29 is 75.8 Å². The van der Waals surface area contributed by atoms with Crippen LogP contribution in [-0.4, -0.2) is 95.9 Å². The van der Waals surface area contributed by atoms with Crippen molar-refractivity contribution in [2.45, 2.75) is 373 Å². The molecule has 636 valence electrons. The highest BCUT2D eigenvalue weighted by Crippen LogP contribution is 2.45. The van der Waals surface area contributed by atoms with E-state index in [1.165, 1.54) is 116 Å². The molecule has 0 radical (unpaired) electrons. The number of carbonyl (C=O) groups is 3. The fraction of sp³-hybridized carbons (Fsp3) is 0.688. The van der Waals surface area contributed by atoms with E-state index in [9.17, 15) is 43.5 Å². The lowest BCUT2D eigenvalue weighted by molar-refractivity contribution is -0.161. The summed E-state index contributed by atoms with van der Waals surface area (Å²) in [6.45, 7) is 2.43. The molecule has 0 aromatic carbocycles. The molecule has 16 nitrogen and oxygen atoms in total. The molecule has 0 saturated heterocycles. The number of phosphoric ester groups is 2. The maximum absolute atomic E-state index is 13.0. The van der Waals surface area contributed by atoms with Crippen LogP contribution in [0.2, 0.25) is 0 Å². The molecule has 0 fully saturated rings. The first-order valence-corrected chi connectivity index (χ1v) is 46.8. The van der Waals surface area contributed by atoms with E-state index < -0.39 is 91.5 Å². The number of unbranched alkanes of at least 4 members (excludes halogenated alkanes) is 33. The maximum Gasteiger partial charge on any atom is 0.472 e. The van der Waals surface area contributed by atoms with Gasteiger partial charge in [0.1, 0.15) is 25.4 Å². The molecule has 0 rings (SSSR count). The second-order valence-corrected chi connectivity index (χ2v) is 31.8. The zero-order valence-corrected chi connectivity index (χ0v) is 71.6. The Balaban J connectivity index is 4.54. The van der Waals surface area contributed by atoms with Crippen molar-refractivity contribution >= 4 is 33.6 Å². The lowest BCUT2D eigenvalue weighted by atomic mass is 10.0. The highest BCUT2D eigenvalue weighted by molar-refractivity contribution is 7.47. The molecule has 0 aliphatic heterocycles. The van der Waals surface area contributed by atoms with Crippen LogP contribution in [0.1, 0.15) is 355 Å². The van der Waals surface area contributed by atoms with Crippen molar-refractivity contribution in [3.05, 3.63) is 158 Å². The van der Waals surface area contributed by atoms with Crippen molar-refractivity contribution in [2.75, 3.05) is 39.6 Å². The van der Waals surface area contributed by atoms with Gasteiger partial charge in [-0.1, -0.05) is 346 Å². The van der Waals surface area contributed by atoms with Gasteiger partial charge >= 0.3 is 33.6 Å². The Kier molecular flexibility index (Phi) is 80.9. The molecule has 0 aromatic heterocycles. The predicted molar refractivity (Wildman–Crippen MR) is 463 cm³/mol. The summed E-state index contributed by atoms with van der Waals surface area (Å²) in [5, 5.41) is 20.7. The Hall–Kier alpha value is -4.83. The third kappa shape index (κ3) is 85.9. The number of ether oxygens (including phenoxy) is 3. The number of hydrogen-bond donors (Lipinski definition) is 4. The molecule has 0 bridgehead atoms. The molecule has 0 amide bonds. The molecule has 0 aliphatic carbocycles. The number of rotatable bonds is 82. The summed E-state index contributed by atoms with van der Waals surface area (Å²) >= 11 is 0. The largest absolute Gasteiger partial charge is 0.472 e. The molecule has 111 heavy (non-hydrogen) atoms. The van der Waals surface area contributed by atoms with Crippen LogP contribution in [-0.2, 0) is 55.8 Å². The van der Waals surface area contributed by atoms with Gasteiger partial charge in [0, 0.05) is 19.3 Å². The molecule has 18 heteroatoms. The minimum absolute atomic E-state index is 0.0819. The Labute approximate surface area is 676 Å². The van der Waals surface area contributed by atoms with Crippen molar-refractivity contribution in [3.63, 3.8) is 0 Å². The van der Waals surface area contributed by atoms with Gasteiger partial charge in [0.2, 0.25) is 0 Å². The lowest BCUT2D eigenvalue weighted by Gasteiger charge is -2.21. The van der Waals surface area contributed by atoms with Crippen LogP contribution in [0.15, 0.2) is 158 Å². The van der Waals surface area contributed by atoms with E-state index in [0.29, 0.717) is 19.3 Å². The number of hydrogen-bond acceptors (Lipinski definition) is 14. The smallest absolute Gasteiger partial charge is 0.463 e. The van der Waals surface area contributed by atoms with Crippen molar-refractivity contribution in [3.8, 4) is 0 Å². The van der Waals surface area contributed by atoms with Gasteiger partial charge < -0.3 is 34.2 Å². The molecule has 4 N–H and O–H groups in total. The standard InChI is InChI=1S/C93H158O16P2/c1-4-7-10-13-16-19-22-25-28-31-34-36-38-39-40-41-42-43-44-45-46-47-49-51-53-55-58-61-64-67-70-73-76-79-91(96)103-82-88(94)83-105-110(99,100)106-84-89(95)85-107-111(101,102)108-87-90(109-93(98)81-78-75-72-69-66-63-60-57-52-33-30-27-24-21-18-15-12-9-6-3)86-104-92(97)80-77-74-71-68-65-62-59-56-54-50-48-37-35-32-29-26-23-20-17-14-11-8-5-2/h7,9-10,12,16-21,25-30,34-37,39-40,50,52,54,57,88-90,94-95H,4-6,8,11,13-15,22-24,31-33,38,41-49,51,53,55-56,58-87H2,1-3H3,(H,99,100)(H,101,102)/b10-7-,12-9-,19-16-,20-17-,21-18-,28-25-,29-26-,30-27-,36-34-,37-35-,40-39-,54-50-,57-52-. The average molecular weight is 1590 g/mol. The predicted octanol–water partition coefficient (Wildman–Crippen LogP) is 26.5. The Morgan fingerprint density at radius 2 is 0.477 bits per heavy atom. The van der Waals surface area contributed by atoms with Crippen molar-refractivity contribution in [1.82, 2.24) is 0 Å². The van der Waals surface area contributed by atoms with Crippen LogP contribution in [0.25, 0.3) is 0 Å². The monoisotopic (exact) mass is 1590 g/mol. The summed E-state index contributed by atoms with van der Waals surface area (Å²) in [4.78, 5) is 58.9. The van der Waals surface area contributed by atoms with E-state index in [0.717, 1.165) is 180 Å². The van der Waals surface area contributed by atoms with Crippen LogP contribution >= 0.6 is 15.6 Å². The normalized spacial score (nSPS) is 14.6. The van der Waals surface area contributed by atoms with Gasteiger partial charge in [-0.2, -0.15) is 0 Å². The summed E-state index contributed by atoms with van der Waals surface area (Å²) in [5.41, 5.74) is 0. The molecule has 0 saturated carbocycles. The quantitative estimate of drug-likeness (QED) is 0.0146. The summed E-state index contributed by atoms with van der Waals surface area (Å²) < 4.78 is 61.3. The van der Waals surface area contributed by atoms with Crippen LogP contribution in [0, 0.1) is 0 Å². The number of phosphoric acid groups is 2. The van der Waals surface area contributed by atoms with Gasteiger partial charge in [0.05, 0.1) is 26.4 Å². The molecule has 0 spiro atoms. The molecule has 0 aromatic rings. The van der Waals surface area contributed by atoms with Crippen LogP contribution in [0.4, 0.5) is 0 Å². The van der Waals surface area contributed by atoms with E-state index >= 15 is 0 Å². The number of carbonyl (C=O) groups excluding carboxylic acids is 3. The van der Waals surface area contributed by atoms with Gasteiger partial charge in [0.25, 0.3) is 0 Å². The second kappa shape index (κ2) is 84.6. The van der Waals surface area contributed by atoms with Crippen LogP contribution in [0.5, 0.6) is 0 Å². The summed E-state index contributed by atoms with van der Waals surface area (Å²) in [6, 6.07) is 0. The first-order chi connectivity index (χ1) is 54.2. The van der Waals surface area contributed by atoms with Gasteiger partial charge in [0.15, 0.2) is 6.10 Å². The van der Waals surface area contributed by atoms with E-state index in [-0.39, 0.29) is 19.3 Å². The zero-order valence-electron chi connectivity index (χ0n) is 69.8. The number of esters is 3. The fourth-order valence-electron chi connectivity index (χ4n) is 11.6. The average Bonchev–Trinajstić information content (AvgIpc) is 0.900. The number of aliphatic hydroxyl groups excluding tert-OH is 2. The molecule has 5 atom stereocenters. The molecule has 0 heterocycles. The number of allylic oxidation sites excluding steroid dienone is 26. The first-order valence-electron chi connectivity index (χ1n) is 43.8. The number of aliphatic hydroxyl groups is 2. The van der Waals surface area contributed by atoms with Crippen LogP contribution < -0.4 is 0 Å². The van der Waals surface area contributed by atoms with Gasteiger partial charge in [-0.25, -0.2) is 9.13 Å². The SMILES string of the molecule is CC/C=C\C/C=C\C/C=C\C/C=C\C/C=C\CCCCCCCCCCCCCCCCCCCC(=O)OCC(O)COP(=O)(O)OCC(O)COP(=O)(O)OCC(COC(=O)CCCCCCCCC/C=C\C/C=C\C/C=C\C/C=C\CCCCC)OC(=O)CCCCCCCC/C=C\C/C=C\C/C=C\C/C=C\CC. The van der Waals surface area contributed by atoms with E-state index in [2.05, 4.69) is 179 Å². The summed E-state index contributed by atoms with van der Waals surface area (Å²) in [6.07, 6.45) is 107. The first kappa shape index (κ1) is 106. The third-order valence-corrected chi connectivity index (χ3v) is 20.1. The highest BCUT2D eigenvalue weighted by atomic mass is 31.2. The third-order valence-electron chi connectivity index (χ3n) is 18.2. The maximum atomic E-state index is 13.0. The van der Waals surface area contributed by atoms with Crippen molar-refractivity contribution in [1.29, 1.82) is 0 Å². The minimum Gasteiger partial charge on any atom is -0.463 e. The summed E-state index contributed by atoms with van der Waals surface area (Å²) in [7, 11) is -9.81. The Morgan fingerprint density at radius 1 is 0.261 bits per heavy atom. The highest BCUT2D eigenvalue weighted by Gasteiger charge is 2.29. The topological polar surface area (TPSA) is 231 Å². The van der Waals surface area contributed by atoms with Gasteiger partial charge in [-0.15, -0.1) is 0 Å². The lowest BCUT2D eigenvalue weighted by Crippen LogP contribution is -2.30. The fourth-order valence-corrected chi connectivity index (χ4v) is 13.2. The molecule has 5 unspecified atom stereocenters. The van der Waals surface area contributed by atoms with Gasteiger partial charge in [-0.3, -0.25) is 32.5 Å². The van der Waals surface area contributed by atoms with Gasteiger partial charge in [-0.05, 0) is 148 Å². The van der Waals surface area contributed by atoms with E-state index in [4.69, 9.17) is 32.3 Å². The minimum atomic E-state index is -4.95. The Bertz CT molecular complexity index is 2650. The molecule has 0 aliphatic rings. The van der Waals surface area contributed by atoms with Crippen LogP contribution in [0.3, 0.4) is 0 Å².